The van der Waals surface area contributed by atoms with Crippen LogP contribution in [-0.2, 0) is 6.54 Å². The van der Waals surface area contributed by atoms with E-state index in [1.54, 1.807) is 6.20 Å². The highest BCUT2D eigenvalue weighted by Gasteiger charge is 2.08. The summed E-state index contributed by atoms with van der Waals surface area (Å²) in [5.41, 5.74) is 1.90. The summed E-state index contributed by atoms with van der Waals surface area (Å²) in [7, 11) is 0. The second kappa shape index (κ2) is 5.20. The monoisotopic (exact) mass is 270 g/mol. The average Bonchev–Trinajstić information content (AvgIpc) is 2.48. The van der Waals surface area contributed by atoms with Gasteiger partial charge in [-0.15, -0.1) is 10.2 Å². The van der Waals surface area contributed by atoms with E-state index in [2.05, 4.69) is 20.5 Å². The third kappa shape index (κ3) is 2.48. The molecule has 0 atom stereocenters. The van der Waals surface area contributed by atoms with Gasteiger partial charge in [0, 0.05) is 18.1 Å². The number of nitrogens with zero attached hydrogens (tertiary/aromatic N) is 3. The summed E-state index contributed by atoms with van der Waals surface area (Å²) in [6.07, 6.45) is 1.72. The molecule has 5 heteroatoms. The van der Waals surface area contributed by atoms with Crippen LogP contribution in [0.2, 0.25) is 5.15 Å². The van der Waals surface area contributed by atoms with Gasteiger partial charge in [-0.3, -0.25) is 4.98 Å². The van der Waals surface area contributed by atoms with Crippen LogP contribution in [0.1, 0.15) is 5.56 Å². The van der Waals surface area contributed by atoms with Gasteiger partial charge in [-0.1, -0.05) is 41.9 Å². The first-order valence-electron chi connectivity index (χ1n) is 5.89. The molecular formula is C14H11ClN4. The van der Waals surface area contributed by atoms with E-state index in [1.165, 1.54) is 5.56 Å². The Morgan fingerprint density at radius 1 is 1.00 bits per heavy atom. The maximum atomic E-state index is 6.00. The number of fused-ring (bicyclic) bond motifs is 1. The van der Waals surface area contributed by atoms with E-state index in [9.17, 15) is 0 Å². The van der Waals surface area contributed by atoms with Crippen LogP contribution in [0.15, 0.2) is 48.7 Å². The zero-order valence-corrected chi connectivity index (χ0v) is 10.8. The lowest BCUT2D eigenvalue weighted by atomic mass is 10.2. The Balaban J connectivity index is 1.91. The maximum absolute atomic E-state index is 6.00. The largest absolute Gasteiger partial charge is 0.363 e. The van der Waals surface area contributed by atoms with E-state index in [-0.39, 0.29) is 0 Å². The zero-order valence-electron chi connectivity index (χ0n) is 10.0. The molecule has 1 aromatic carbocycles. The van der Waals surface area contributed by atoms with Gasteiger partial charge in [0.05, 0.1) is 0 Å². The third-order valence-corrected chi connectivity index (χ3v) is 3.07. The van der Waals surface area contributed by atoms with Crippen LogP contribution >= 0.6 is 11.6 Å². The Morgan fingerprint density at radius 2 is 1.84 bits per heavy atom. The topological polar surface area (TPSA) is 50.7 Å². The second-order valence-corrected chi connectivity index (χ2v) is 4.44. The molecule has 19 heavy (non-hydrogen) atoms. The first-order valence-corrected chi connectivity index (χ1v) is 6.27. The van der Waals surface area contributed by atoms with Crippen LogP contribution in [0, 0.1) is 0 Å². The molecular weight excluding hydrogens is 260 g/mol. The molecule has 0 saturated heterocycles. The Morgan fingerprint density at radius 3 is 2.68 bits per heavy atom. The van der Waals surface area contributed by atoms with E-state index >= 15 is 0 Å². The predicted octanol–water partition coefficient (Wildman–Crippen LogP) is 3.29. The molecule has 0 fully saturated rings. The fourth-order valence-electron chi connectivity index (χ4n) is 1.86. The average molecular weight is 271 g/mol. The predicted molar refractivity (Wildman–Crippen MR) is 76.1 cm³/mol. The number of rotatable bonds is 3. The van der Waals surface area contributed by atoms with Gasteiger partial charge in [0.15, 0.2) is 11.0 Å². The Hall–Kier alpha value is -2.20. The van der Waals surface area contributed by atoms with Gasteiger partial charge in [-0.2, -0.15) is 0 Å². The van der Waals surface area contributed by atoms with Crippen molar-refractivity contribution in [3.05, 3.63) is 59.4 Å². The number of halogens is 1. The summed E-state index contributed by atoms with van der Waals surface area (Å²) in [5.74, 6) is 0.642. The highest BCUT2D eigenvalue weighted by Crippen LogP contribution is 2.23. The van der Waals surface area contributed by atoms with Crippen molar-refractivity contribution in [3.63, 3.8) is 0 Å². The summed E-state index contributed by atoms with van der Waals surface area (Å²) in [5, 5.41) is 12.4. The minimum atomic E-state index is 0.369. The van der Waals surface area contributed by atoms with Crippen LogP contribution in [0.3, 0.4) is 0 Å². The number of nitrogens with one attached hydrogen (secondary N) is 1. The number of benzene rings is 1. The van der Waals surface area contributed by atoms with Crippen LogP contribution in [-0.4, -0.2) is 15.2 Å². The van der Waals surface area contributed by atoms with Gasteiger partial charge >= 0.3 is 0 Å². The van der Waals surface area contributed by atoms with Crippen molar-refractivity contribution in [1.29, 1.82) is 0 Å². The van der Waals surface area contributed by atoms with E-state index in [4.69, 9.17) is 11.6 Å². The summed E-state index contributed by atoms with van der Waals surface area (Å²) in [4.78, 5) is 4.30. The lowest BCUT2D eigenvalue weighted by Gasteiger charge is -2.07. The van der Waals surface area contributed by atoms with E-state index in [0.717, 1.165) is 10.9 Å². The lowest BCUT2D eigenvalue weighted by molar-refractivity contribution is 1.01. The molecule has 2 heterocycles. The molecule has 0 aliphatic rings. The molecule has 1 N–H and O–H groups in total. The highest BCUT2D eigenvalue weighted by molar-refractivity contribution is 6.34. The fraction of sp³-hybridized carbons (Fsp3) is 0.0714. The van der Waals surface area contributed by atoms with Crippen molar-refractivity contribution in [2.45, 2.75) is 6.54 Å². The maximum Gasteiger partial charge on any atom is 0.175 e. The van der Waals surface area contributed by atoms with E-state index in [1.807, 2.05) is 42.5 Å². The molecule has 4 nitrogen and oxygen atoms in total. The van der Waals surface area contributed by atoms with Crippen LogP contribution in [0.4, 0.5) is 5.82 Å². The number of pyridine rings is 1. The van der Waals surface area contributed by atoms with Gasteiger partial charge in [-0.25, -0.2) is 0 Å². The fourth-order valence-corrected chi connectivity index (χ4v) is 2.05. The molecule has 0 unspecified atom stereocenters. The smallest absolute Gasteiger partial charge is 0.175 e. The summed E-state index contributed by atoms with van der Waals surface area (Å²) in [6.45, 7) is 0.669. The number of anilines is 1. The van der Waals surface area contributed by atoms with Gasteiger partial charge in [0.25, 0.3) is 0 Å². The summed E-state index contributed by atoms with van der Waals surface area (Å²) >= 11 is 6.00. The Kier molecular flexibility index (Phi) is 3.25. The summed E-state index contributed by atoms with van der Waals surface area (Å²) < 4.78 is 0. The molecule has 0 amide bonds. The van der Waals surface area contributed by atoms with Crippen molar-refractivity contribution in [1.82, 2.24) is 15.2 Å². The van der Waals surface area contributed by atoms with E-state index < -0.39 is 0 Å². The molecule has 2 aromatic heterocycles. The molecule has 0 saturated carbocycles. The van der Waals surface area contributed by atoms with Gasteiger partial charge in [0.1, 0.15) is 5.52 Å². The normalized spacial score (nSPS) is 10.6. The van der Waals surface area contributed by atoms with Crippen LogP contribution in [0.5, 0.6) is 0 Å². The highest BCUT2D eigenvalue weighted by atomic mass is 35.5. The van der Waals surface area contributed by atoms with Crippen molar-refractivity contribution in [2.75, 3.05) is 5.32 Å². The lowest BCUT2D eigenvalue weighted by Crippen LogP contribution is -2.04. The SMILES string of the molecule is Clc1nnc(NCc2ccccc2)c2ncccc12. The second-order valence-electron chi connectivity index (χ2n) is 4.08. The van der Waals surface area contributed by atoms with Gasteiger partial charge < -0.3 is 5.32 Å². The first kappa shape index (κ1) is 11.9. The number of hydrogen-bond acceptors (Lipinski definition) is 4. The molecule has 0 bridgehead atoms. The van der Waals surface area contributed by atoms with Crippen LogP contribution < -0.4 is 5.32 Å². The molecule has 0 radical (unpaired) electrons. The van der Waals surface area contributed by atoms with Crippen molar-refractivity contribution in [2.24, 2.45) is 0 Å². The quantitative estimate of drug-likeness (QED) is 0.793. The molecule has 3 rings (SSSR count). The minimum absolute atomic E-state index is 0.369. The Bertz CT molecular complexity index is 700. The minimum Gasteiger partial charge on any atom is -0.363 e. The number of aromatic nitrogens is 3. The van der Waals surface area contributed by atoms with Gasteiger partial charge in [0.2, 0.25) is 0 Å². The molecule has 0 aliphatic heterocycles. The van der Waals surface area contributed by atoms with Crippen molar-refractivity contribution < 1.29 is 0 Å². The van der Waals surface area contributed by atoms with Crippen molar-refractivity contribution >= 4 is 28.3 Å². The molecule has 3 aromatic rings. The standard InChI is InChI=1S/C14H11ClN4/c15-13-11-7-4-8-16-12(11)14(19-18-13)17-9-10-5-2-1-3-6-10/h1-8H,9H2,(H,17,19). The van der Waals surface area contributed by atoms with Gasteiger partial charge in [-0.05, 0) is 17.7 Å². The molecule has 0 aliphatic carbocycles. The molecule has 94 valence electrons. The summed E-state index contributed by atoms with van der Waals surface area (Å²) in [6, 6.07) is 13.8. The first-order chi connectivity index (χ1) is 9.34. The Labute approximate surface area is 115 Å². The third-order valence-electron chi connectivity index (χ3n) is 2.79. The number of hydrogen-bond donors (Lipinski definition) is 1. The molecule has 0 spiro atoms. The zero-order chi connectivity index (χ0) is 13.1. The van der Waals surface area contributed by atoms with Crippen LogP contribution in [0.25, 0.3) is 10.9 Å². The van der Waals surface area contributed by atoms with E-state index in [0.29, 0.717) is 17.5 Å². The van der Waals surface area contributed by atoms with Crippen molar-refractivity contribution in [3.8, 4) is 0 Å².